The topological polar surface area (TPSA) is 135 Å². The molecule has 162 valence electrons. The fourth-order valence-corrected chi connectivity index (χ4v) is 4.54. The van der Waals surface area contributed by atoms with E-state index in [-0.39, 0.29) is 41.4 Å². The van der Waals surface area contributed by atoms with Crippen LogP contribution in [0.5, 0.6) is 0 Å². The van der Waals surface area contributed by atoms with Crippen LogP contribution in [-0.4, -0.2) is 48.3 Å². The largest absolute Gasteiger partial charge is 0.306 e. The molecule has 10 nitrogen and oxygen atoms in total. The first-order chi connectivity index (χ1) is 14.2. The average molecular weight is 504 g/mol. The third-order valence-electron chi connectivity index (χ3n) is 4.91. The van der Waals surface area contributed by atoms with E-state index in [2.05, 4.69) is 41.4 Å². The van der Waals surface area contributed by atoms with Gasteiger partial charge >= 0.3 is 0 Å². The number of piperidine rings is 1. The van der Waals surface area contributed by atoms with Gasteiger partial charge < -0.3 is 5.32 Å². The van der Waals surface area contributed by atoms with Gasteiger partial charge in [-0.1, -0.05) is 16.4 Å². The van der Waals surface area contributed by atoms with Crippen molar-refractivity contribution >= 4 is 37.7 Å². The van der Waals surface area contributed by atoms with Crippen molar-refractivity contribution < 1.29 is 22.2 Å². The average Bonchev–Trinajstić information content (AvgIpc) is 3.16. The predicted octanol–water partition coefficient (Wildman–Crippen LogP) is 2.63. The maximum absolute atomic E-state index is 13.4. The molecule has 0 saturated carbocycles. The van der Waals surface area contributed by atoms with Gasteiger partial charge in [0.2, 0.25) is 21.7 Å². The first-order valence-electron chi connectivity index (χ1n) is 9.04. The number of carbonyl (C=O) groups is 1. The van der Waals surface area contributed by atoms with Crippen LogP contribution in [0.25, 0.3) is 0 Å². The Labute approximate surface area is 180 Å². The van der Waals surface area contributed by atoms with Crippen LogP contribution in [0, 0.1) is 16.6 Å². The van der Waals surface area contributed by atoms with Gasteiger partial charge in [-0.15, -0.1) is 0 Å². The number of benzene rings is 1. The van der Waals surface area contributed by atoms with Crippen molar-refractivity contribution in [1.82, 2.24) is 14.6 Å². The van der Waals surface area contributed by atoms with Crippen LogP contribution in [0.4, 0.5) is 10.2 Å². The van der Waals surface area contributed by atoms with E-state index < -0.39 is 27.8 Å². The number of halogens is 2. The molecule has 1 fully saturated rings. The summed E-state index contributed by atoms with van der Waals surface area (Å²) in [7, 11) is -3.29. The zero-order valence-electron chi connectivity index (χ0n) is 15.9. The summed E-state index contributed by atoms with van der Waals surface area (Å²) in [5.74, 6) is -1.24. The van der Waals surface area contributed by atoms with Crippen LogP contribution in [0.15, 0.2) is 32.5 Å². The Kier molecular flexibility index (Phi) is 6.93. The summed E-state index contributed by atoms with van der Waals surface area (Å²) < 4.78 is 42.9. The molecule has 2 aromatic rings. The zero-order chi connectivity index (χ0) is 21.9. The highest BCUT2D eigenvalue weighted by atomic mass is 79.9. The number of sulfonamides is 1. The van der Waals surface area contributed by atoms with E-state index in [4.69, 9.17) is 0 Å². The van der Waals surface area contributed by atoms with Gasteiger partial charge in [-0.05, 0) is 51.6 Å². The quantitative estimate of drug-likeness (QED) is 0.573. The Morgan fingerprint density at radius 1 is 1.40 bits per heavy atom. The van der Waals surface area contributed by atoms with E-state index in [9.17, 15) is 22.5 Å². The highest BCUT2D eigenvalue weighted by Crippen LogP contribution is 2.29. The van der Waals surface area contributed by atoms with E-state index in [1.54, 1.807) is 0 Å². The number of rotatable bonds is 7. The van der Waals surface area contributed by atoms with Crippen LogP contribution in [0.2, 0.25) is 0 Å². The van der Waals surface area contributed by atoms with Crippen LogP contribution >= 0.6 is 15.9 Å². The van der Waals surface area contributed by atoms with Crippen LogP contribution in [-0.2, 0) is 21.2 Å². The second-order valence-electron chi connectivity index (χ2n) is 7.00. The molecule has 1 unspecified atom stereocenters. The molecule has 1 aliphatic rings. The molecule has 1 amide bonds. The smallest absolute Gasteiger partial charge is 0.228 e. The molecule has 30 heavy (non-hydrogen) atoms. The number of amides is 1. The molecule has 1 N–H and O–H groups in total. The predicted molar refractivity (Wildman–Crippen MR) is 108 cm³/mol. The zero-order valence-corrected chi connectivity index (χ0v) is 18.3. The van der Waals surface area contributed by atoms with Crippen molar-refractivity contribution in [2.24, 2.45) is 11.1 Å². The minimum atomic E-state index is -3.29. The number of hydrogen-bond donors (Lipinski definition) is 1. The summed E-state index contributed by atoms with van der Waals surface area (Å²) in [5.41, 5.74) is 0.689. The number of anilines is 1. The molecule has 13 heteroatoms. The SMILES string of the molecule is CS(=O)(=O)N1CCC(C(=O)Nc2nonc2C(Cc2ccc(F)c(Br)c2)N=O)CC1. The minimum absolute atomic E-state index is 0.0173. The Balaban J connectivity index is 1.67. The standard InChI is InChI=1S/C17H19BrFN5O5S/c1-30(27,28)24-6-4-11(5-7-24)17(25)20-16-15(22-29-23-16)14(21-26)9-10-2-3-13(19)12(18)8-10/h2-3,8,11,14H,4-7,9H2,1H3,(H,20,23,25). The van der Waals surface area contributed by atoms with E-state index in [1.807, 2.05) is 0 Å². The number of hydrogen-bond acceptors (Lipinski definition) is 8. The van der Waals surface area contributed by atoms with Crippen molar-refractivity contribution in [1.29, 1.82) is 0 Å². The van der Waals surface area contributed by atoms with Crippen molar-refractivity contribution in [3.8, 4) is 0 Å². The van der Waals surface area contributed by atoms with Gasteiger partial charge in [0.1, 0.15) is 11.9 Å². The lowest BCUT2D eigenvalue weighted by Crippen LogP contribution is -2.41. The van der Waals surface area contributed by atoms with Gasteiger partial charge in [-0.2, -0.15) is 4.91 Å². The molecule has 0 spiro atoms. The first-order valence-corrected chi connectivity index (χ1v) is 11.7. The van der Waals surface area contributed by atoms with E-state index in [0.29, 0.717) is 18.4 Å². The Morgan fingerprint density at radius 3 is 2.70 bits per heavy atom. The fraction of sp³-hybridized carbons (Fsp3) is 0.471. The molecular formula is C17H19BrFN5O5S. The molecule has 1 aromatic heterocycles. The fourth-order valence-electron chi connectivity index (χ4n) is 3.24. The second kappa shape index (κ2) is 9.27. The Bertz CT molecular complexity index is 1040. The first kappa shape index (κ1) is 22.4. The van der Waals surface area contributed by atoms with Gasteiger partial charge in [-0.25, -0.2) is 21.7 Å². The van der Waals surface area contributed by atoms with Crippen LogP contribution in [0.3, 0.4) is 0 Å². The van der Waals surface area contributed by atoms with E-state index in [0.717, 1.165) is 6.26 Å². The second-order valence-corrected chi connectivity index (χ2v) is 9.83. The third kappa shape index (κ3) is 5.26. The van der Waals surface area contributed by atoms with Gasteiger partial charge in [0, 0.05) is 25.4 Å². The van der Waals surface area contributed by atoms with Crippen molar-refractivity contribution in [2.75, 3.05) is 24.7 Å². The Morgan fingerprint density at radius 2 is 2.10 bits per heavy atom. The van der Waals surface area contributed by atoms with Crippen molar-refractivity contribution in [3.63, 3.8) is 0 Å². The summed E-state index contributed by atoms with van der Waals surface area (Å²) in [4.78, 5) is 24.0. The van der Waals surface area contributed by atoms with Gasteiger partial charge in [0.25, 0.3) is 0 Å². The molecule has 0 bridgehead atoms. The Hall–Kier alpha value is -2.25. The molecule has 1 atom stereocenters. The monoisotopic (exact) mass is 503 g/mol. The van der Waals surface area contributed by atoms with Crippen molar-refractivity contribution in [2.45, 2.75) is 25.3 Å². The minimum Gasteiger partial charge on any atom is -0.306 e. The van der Waals surface area contributed by atoms with Gasteiger partial charge in [-0.3, -0.25) is 4.79 Å². The molecule has 0 aliphatic carbocycles. The lowest BCUT2D eigenvalue weighted by molar-refractivity contribution is -0.121. The summed E-state index contributed by atoms with van der Waals surface area (Å²) >= 11 is 3.09. The number of nitrogens with zero attached hydrogens (tertiary/aromatic N) is 4. The normalized spacial score (nSPS) is 16.9. The van der Waals surface area contributed by atoms with Gasteiger partial charge in [0.05, 0.1) is 10.7 Å². The van der Waals surface area contributed by atoms with Crippen LogP contribution < -0.4 is 5.32 Å². The molecule has 1 aromatic carbocycles. The highest BCUT2D eigenvalue weighted by molar-refractivity contribution is 9.10. The third-order valence-corrected chi connectivity index (χ3v) is 6.82. The molecule has 1 aliphatic heterocycles. The van der Waals surface area contributed by atoms with Crippen molar-refractivity contribution in [3.05, 3.63) is 44.7 Å². The lowest BCUT2D eigenvalue weighted by Gasteiger charge is -2.29. The summed E-state index contributed by atoms with van der Waals surface area (Å²) in [6.45, 7) is 0.498. The van der Waals surface area contributed by atoms with E-state index in [1.165, 1.54) is 22.5 Å². The molecule has 1 saturated heterocycles. The summed E-state index contributed by atoms with van der Waals surface area (Å²) in [6, 6.07) is 3.29. The van der Waals surface area contributed by atoms with Crippen LogP contribution in [0.1, 0.15) is 30.1 Å². The van der Waals surface area contributed by atoms with E-state index >= 15 is 0 Å². The van der Waals surface area contributed by atoms with Gasteiger partial charge in [0.15, 0.2) is 5.69 Å². The lowest BCUT2D eigenvalue weighted by atomic mass is 9.97. The number of nitroso groups, excluding NO2 is 1. The maximum atomic E-state index is 13.4. The number of aromatic nitrogens is 2. The maximum Gasteiger partial charge on any atom is 0.228 e. The summed E-state index contributed by atoms with van der Waals surface area (Å²) in [5, 5.41) is 13.0. The number of carbonyl (C=O) groups excluding carboxylic acids is 1. The molecular weight excluding hydrogens is 485 g/mol. The molecule has 2 heterocycles. The molecule has 0 radical (unpaired) electrons. The number of nitrogens with one attached hydrogen (secondary N) is 1. The molecule has 3 rings (SSSR count). The highest BCUT2D eigenvalue weighted by Gasteiger charge is 2.31. The summed E-state index contributed by atoms with van der Waals surface area (Å²) in [6.07, 6.45) is 1.95.